The van der Waals surface area contributed by atoms with E-state index in [4.69, 9.17) is 11.6 Å². The third-order valence-electron chi connectivity index (χ3n) is 3.31. The highest BCUT2D eigenvalue weighted by Gasteiger charge is 2.10. The molecule has 4 rings (SSSR count). The van der Waals surface area contributed by atoms with Gasteiger partial charge in [-0.25, -0.2) is 4.98 Å². The molecule has 0 bridgehead atoms. The van der Waals surface area contributed by atoms with Crippen molar-refractivity contribution in [3.8, 4) is 0 Å². The minimum atomic E-state index is 0.558. The molecule has 4 aromatic rings. The highest BCUT2D eigenvalue weighted by molar-refractivity contribution is 6.36. The molecule has 18 heavy (non-hydrogen) atoms. The van der Waals surface area contributed by atoms with Gasteiger partial charge in [0.25, 0.3) is 0 Å². The third-order valence-corrected chi connectivity index (χ3v) is 3.60. The maximum absolute atomic E-state index is 6.27. The first kappa shape index (κ1) is 9.92. The van der Waals surface area contributed by atoms with E-state index in [1.54, 1.807) is 0 Å². The summed E-state index contributed by atoms with van der Waals surface area (Å²) in [5, 5.41) is 3.77. The van der Waals surface area contributed by atoms with E-state index in [0.29, 0.717) is 5.15 Å². The average Bonchev–Trinajstić information content (AvgIpc) is 2.78. The van der Waals surface area contributed by atoms with Crippen LogP contribution < -0.4 is 0 Å². The van der Waals surface area contributed by atoms with Gasteiger partial charge in [0.1, 0.15) is 5.15 Å². The van der Waals surface area contributed by atoms with E-state index in [-0.39, 0.29) is 0 Å². The molecule has 0 saturated heterocycles. The second-order valence-electron chi connectivity index (χ2n) is 4.34. The van der Waals surface area contributed by atoms with E-state index >= 15 is 0 Å². The normalized spacial score (nSPS) is 11.6. The summed E-state index contributed by atoms with van der Waals surface area (Å²) in [6, 6.07) is 16.2. The highest BCUT2D eigenvalue weighted by atomic mass is 35.5. The van der Waals surface area contributed by atoms with Crippen molar-refractivity contribution in [2.75, 3.05) is 0 Å². The summed E-state index contributed by atoms with van der Waals surface area (Å²) in [4.78, 5) is 7.95. The number of halogens is 1. The number of fused-ring (bicyclic) bond motifs is 5. The van der Waals surface area contributed by atoms with Crippen LogP contribution in [0.5, 0.6) is 0 Å². The lowest BCUT2D eigenvalue weighted by Crippen LogP contribution is -1.82. The smallest absolute Gasteiger partial charge is 0.137 e. The fourth-order valence-corrected chi connectivity index (χ4v) is 2.73. The van der Waals surface area contributed by atoms with Gasteiger partial charge in [-0.05, 0) is 6.07 Å². The maximum atomic E-state index is 6.27. The first-order valence-corrected chi connectivity index (χ1v) is 6.17. The van der Waals surface area contributed by atoms with Gasteiger partial charge in [0.2, 0.25) is 0 Å². The predicted molar refractivity (Wildman–Crippen MR) is 76.1 cm³/mol. The van der Waals surface area contributed by atoms with Crippen LogP contribution in [-0.2, 0) is 0 Å². The van der Waals surface area contributed by atoms with Gasteiger partial charge in [0.15, 0.2) is 0 Å². The number of hydrogen-bond donors (Lipinski definition) is 1. The van der Waals surface area contributed by atoms with Crippen molar-refractivity contribution >= 4 is 44.3 Å². The Morgan fingerprint density at radius 1 is 0.833 bits per heavy atom. The lowest BCUT2D eigenvalue weighted by Gasteiger charge is -2.01. The Balaban J connectivity index is 2.36. The molecule has 0 aliphatic heterocycles. The third kappa shape index (κ3) is 1.21. The lowest BCUT2D eigenvalue weighted by atomic mass is 10.1. The van der Waals surface area contributed by atoms with Crippen LogP contribution in [0.2, 0.25) is 5.15 Å². The van der Waals surface area contributed by atoms with Crippen LogP contribution in [0.3, 0.4) is 0 Å². The van der Waals surface area contributed by atoms with E-state index in [9.17, 15) is 0 Å². The van der Waals surface area contributed by atoms with Gasteiger partial charge in [-0.15, -0.1) is 0 Å². The molecule has 2 nitrogen and oxygen atoms in total. The van der Waals surface area contributed by atoms with Crippen molar-refractivity contribution in [1.82, 2.24) is 9.97 Å². The summed E-state index contributed by atoms with van der Waals surface area (Å²) in [5.74, 6) is 0. The second-order valence-corrected chi connectivity index (χ2v) is 4.70. The molecular weight excluding hydrogens is 244 g/mol. The molecule has 0 spiro atoms. The molecule has 2 aromatic heterocycles. The van der Waals surface area contributed by atoms with Gasteiger partial charge in [-0.2, -0.15) is 0 Å². The van der Waals surface area contributed by atoms with Crippen molar-refractivity contribution in [1.29, 1.82) is 0 Å². The Labute approximate surface area is 108 Å². The zero-order chi connectivity index (χ0) is 12.1. The van der Waals surface area contributed by atoms with E-state index in [2.05, 4.69) is 28.2 Å². The summed E-state index contributed by atoms with van der Waals surface area (Å²) in [6.07, 6.45) is 0. The number of aromatic nitrogens is 2. The number of nitrogens with zero attached hydrogens (tertiary/aromatic N) is 1. The summed E-state index contributed by atoms with van der Waals surface area (Å²) >= 11 is 6.27. The average molecular weight is 253 g/mol. The number of para-hydroxylation sites is 1. The van der Waals surface area contributed by atoms with Gasteiger partial charge in [0, 0.05) is 21.7 Å². The summed E-state index contributed by atoms with van der Waals surface area (Å²) < 4.78 is 0. The first-order chi connectivity index (χ1) is 8.84. The number of rotatable bonds is 0. The van der Waals surface area contributed by atoms with Crippen LogP contribution in [0.1, 0.15) is 0 Å². The van der Waals surface area contributed by atoms with Crippen LogP contribution in [0.15, 0.2) is 48.5 Å². The molecule has 0 aliphatic carbocycles. The molecular formula is C15H9ClN2. The molecule has 0 saturated carbocycles. The number of H-pyrrole nitrogens is 1. The molecule has 0 amide bonds. The molecule has 86 valence electrons. The van der Waals surface area contributed by atoms with Crippen LogP contribution in [0, 0.1) is 0 Å². The van der Waals surface area contributed by atoms with Gasteiger partial charge in [-0.1, -0.05) is 54.1 Å². The van der Waals surface area contributed by atoms with E-state index in [1.807, 2.05) is 30.3 Å². The van der Waals surface area contributed by atoms with E-state index in [0.717, 1.165) is 32.7 Å². The molecule has 0 fully saturated rings. The van der Waals surface area contributed by atoms with Gasteiger partial charge < -0.3 is 4.98 Å². The summed E-state index contributed by atoms with van der Waals surface area (Å²) in [5.41, 5.74) is 3.08. The first-order valence-electron chi connectivity index (χ1n) is 5.79. The maximum Gasteiger partial charge on any atom is 0.137 e. The number of nitrogens with one attached hydrogen (secondary N) is 1. The van der Waals surface area contributed by atoms with E-state index < -0.39 is 0 Å². The van der Waals surface area contributed by atoms with Crippen LogP contribution in [-0.4, -0.2) is 9.97 Å². The molecule has 2 aromatic carbocycles. The standard InChI is InChI=1S/C15H9ClN2/c16-15-10-6-2-1-5-9(10)13-14(18-15)11-7-3-4-8-12(11)17-13/h1-8,17H. The molecule has 3 heteroatoms. The van der Waals surface area contributed by atoms with Gasteiger partial charge in [0.05, 0.1) is 11.0 Å². The summed E-state index contributed by atoms with van der Waals surface area (Å²) in [6.45, 7) is 0. The zero-order valence-electron chi connectivity index (χ0n) is 9.44. The Morgan fingerprint density at radius 3 is 2.33 bits per heavy atom. The summed E-state index contributed by atoms with van der Waals surface area (Å²) in [7, 11) is 0. The number of benzene rings is 2. The fraction of sp³-hybridized carbons (Fsp3) is 0. The zero-order valence-corrected chi connectivity index (χ0v) is 10.2. The van der Waals surface area contributed by atoms with E-state index in [1.165, 1.54) is 0 Å². The largest absolute Gasteiger partial charge is 0.353 e. The molecule has 2 heterocycles. The Kier molecular flexibility index (Phi) is 1.91. The van der Waals surface area contributed by atoms with Crippen LogP contribution in [0.4, 0.5) is 0 Å². The van der Waals surface area contributed by atoms with Gasteiger partial charge in [-0.3, -0.25) is 0 Å². The van der Waals surface area contributed by atoms with Crippen LogP contribution in [0.25, 0.3) is 32.7 Å². The van der Waals surface area contributed by atoms with Crippen molar-refractivity contribution < 1.29 is 0 Å². The second kappa shape index (κ2) is 3.47. The highest BCUT2D eigenvalue weighted by Crippen LogP contribution is 2.32. The minimum absolute atomic E-state index is 0.558. The van der Waals surface area contributed by atoms with Crippen molar-refractivity contribution in [3.05, 3.63) is 53.7 Å². The fourth-order valence-electron chi connectivity index (χ4n) is 2.48. The minimum Gasteiger partial charge on any atom is -0.353 e. The number of hydrogen-bond acceptors (Lipinski definition) is 1. The Morgan fingerprint density at radius 2 is 1.50 bits per heavy atom. The van der Waals surface area contributed by atoms with Crippen LogP contribution >= 0.6 is 11.6 Å². The molecule has 0 radical (unpaired) electrons. The predicted octanol–water partition coefficient (Wildman–Crippen LogP) is 4.52. The quantitative estimate of drug-likeness (QED) is 0.458. The van der Waals surface area contributed by atoms with Crippen molar-refractivity contribution in [2.45, 2.75) is 0 Å². The topological polar surface area (TPSA) is 28.7 Å². The molecule has 0 unspecified atom stereocenters. The SMILES string of the molecule is Clc1nc2c3ccccc3[nH]c2c2ccccc12. The van der Waals surface area contributed by atoms with Crippen molar-refractivity contribution in [2.24, 2.45) is 0 Å². The molecule has 0 aliphatic rings. The number of pyridine rings is 1. The molecule has 0 atom stereocenters. The molecule has 1 N–H and O–H groups in total. The number of aromatic amines is 1. The lowest BCUT2D eigenvalue weighted by molar-refractivity contribution is 1.45. The van der Waals surface area contributed by atoms with Gasteiger partial charge >= 0.3 is 0 Å². The monoisotopic (exact) mass is 252 g/mol. The van der Waals surface area contributed by atoms with Crippen molar-refractivity contribution in [3.63, 3.8) is 0 Å². The Bertz CT molecular complexity index is 893. The Hall–Kier alpha value is -2.06.